The van der Waals surface area contributed by atoms with E-state index in [1.807, 2.05) is 6.07 Å². The topological polar surface area (TPSA) is 78.9 Å². The Balaban J connectivity index is 1.40. The van der Waals surface area contributed by atoms with E-state index in [0.717, 1.165) is 29.0 Å². The molecule has 0 aliphatic heterocycles. The molecule has 0 bridgehead atoms. The maximum absolute atomic E-state index is 13.0. The van der Waals surface area contributed by atoms with Crippen LogP contribution in [0.15, 0.2) is 63.8 Å². The van der Waals surface area contributed by atoms with E-state index in [1.54, 1.807) is 50.6 Å². The maximum atomic E-state index is 13.0. The lowest BCUT2D eigenvalue weighted by molar-refractivity contribution is -0.137. The number of aromatic nitrogens is 3. The number of nitrogens with zero attached hydrogens (tertiary/aromatic N) is 3. The number of thiazole rings is 1. The van der Waals surface area contributed by atoms with Crippen LogP contribution in [-0.2, 0) is 6.18 Å². The van der Waals surface area contributed by atoms with Gasteiger partial charge in [-0.3, -0.25) is 4.79 Å². The molecule has 0 aliphatic rings. The molecule has 0 fully saturated rings. The third-order valence-corrected chi connectivity index (χ3v) is 6.36. The number of methoxy groups -OCH3 is 2. The molecule has 0 N–H and O–H groups in total. The van der Waals surface area contributed by atoms with E-state index in [0.29, 0.717) is 32.6 Å². The monoisotopic (exact) mass is 525 g/mol. The van der Waals surface area contributed by atoms with E-state index in [9.17, 15) is 18.0 Å². The molecule has 3 aromatic heterocycles. The largest absolute Gasteiger partial charge is 0.493 e. The van der Waals surface area contributed by atoms with Gasteiger partial charge in [0, 0.05) is 11.6 Å². The summed E-state index contributed by atoms with van der Waals surface area (Å²) in [7, 11) is 3.11. The molecule has 5 rings (SSSR count). The molecule has 3 heterocycles. The number of benzene rings is 2. The highest BCUT2D eigenvalue weighted by atomic mass is 32.1. The highest BCUT2D eigenvalue weighted by Gasteiger charge is 2.30. The number of hydrogen-bond donors (Lipinski definition) is 0. The van der Waals surface area contributed by atoms with Crippen LogP contribution in [0, 0.1) is 0 Å². The summed E-state index contributed by atoms with van der Waals surface area (Å²) in [5, 5.41) is 4.25. The highest BCUT2D eigenvalue weighted by molar-refractivity contribution is 7.15. The van der Waals surface area contributed by atoms with Gasteiger partial charge >= 0.3 is 6.18 Å². The van der Waals surface area contributed by atoms with Gasteiger partial charge in [-0.1, -0.05) is 35.6 Å². The molecule has 0 radical (unpaired) electrons. The standard InChI is InChI=1S/C26H18F3N3O4S/c1-34-20-9-6-15(12-21(20)35-2)7-11-23-30-25-32(31-23)24(33)22(37-25)14-18-8-10-19(36-18)16-4-3-5-17(13-16)26(27,28)29/h3-14H,1-2H3/b11-7+,22-14-. The summed E-state index contributed by atoms with van der Waals surface area (Å²) < 4.78 is 56.8. The first-order valence-electron chi connectivity index (χ1n) is 10.8. The van der Waals surface area contributed by atoms with Gasteiger partial charge in [0.05, 0.1) is 19.8 Å². The Morgan fingerprint density at radius 1 is 1.00 bits per heavy atom. The summed E-state index contributed by atoms with van der Waals surface area (Å²) in [6.45, 7) is 0. The molecule has 2 aromatic carbocycles. The van der Waals surface area contributed by atoms with Gasteiger partial charge in [-0.05, 0) is 48.0 Å². The summed E-state index contributed by atoms with van der Waals surface area (Å²) in [4.78, 5) is 17.6. The number of hydrogen-bond acceptors (Lipinski definition) is 7. The Kier molecular flexibility index (Phi) is 6.30. The van der Waals surface area contributed by atoms with Crippen LogP contribution < -0.4 is 19.6 Å². The number of fused-ring (bicyclic) bond motifs is 1. The van der Waals surface area contributed by atoms with E-state index < -0.39 is 11.7 Å². The molecule has 0 saturated heterocycles. The molecule has 0 aliphatic carbocycles. The Morgan fingerprint density at radius 2 is 1.81 bits per heavy atom. The summed E-state index contributed by atoms with van der Waals surface area (Å²) in [5.41, 5.74) is -0.0301. The third kappa shape index (κ3) is 4.98. The predicted octanol–water partition coefficient (Wildman–Crippen LogP) is 5.17. The van der Waals surface area contributed by atoms with Crippen molar-refractivity contribution in [1.82, 2.24) is 14.6 Å². The predicted molar refractivity (Wildman–Crippen MR) is 134 cm³/mol. The van der Waals surface area contributed by atoms with Crippen LogP contribution in [0.3, 0.4) is 0 Å². The first-order valence-corrected chi connectivity index (χ1v) is 11.7. The summed E-state index contributed by atoms with van der Waals surface area (Å²) >= 11 is 1.13. The zero-order valence-corrected chi connectivity index (χ0v) is 20.3. The fraction of sp³-hybridized carbons (Fsp3) is 0.115. The van der Waals surface area contributed by atoms with Gasteiger partial charge in [-0.2, -0.15) is 22.7 Å². The summed E-state index contributed by atoms with van der Waals surface area (Å²) in [6, 6.07) is 13.4. The first kappa shape index (κ1) is 24.3. The van der Waals surface area contributed by atoms with E-state index >= 15 is 0 Å². The fourth-order valence-corrected chi connectivity index (χ4v) is 4.51. The quantitative estimate of drug-likeness (QED) is 0.305. The zero-order chi connectivity index (χ0) is 26.2. The normalized spacial score (nSPS) is 12.6. The van der Waals surface area contributed by atoms with Gasteiger partial charge in [-0.15, -0.1) is 5.10 Å². The minimum Gasteiger partial charge on any atom is -0.493 e. The molecule has 0 amide bonds. The van der Waals surface area contributed by atoms with Crippen molar-refractivity contribution >= 4 is 34.5 Å². The van der Waals surface area contributed by atoms with Crippen LogP contribution in [0.25, 0.3) is 34.5 Å². The Morgan fingerprint density at radius 3 is 2.54 bits per heavy atom. The van der Waals surface area contributed by atoms with Gasteiger partial charge in [0.2, 0.25) is 4.96 Å². The smallest absolute Gasteiger partial charge is 0.416 e. The molecule has 5 aromatic rings. The molecule has 37 heavy (non-hydrogen) atoms. The van der Waals surface area contributed by atoms with Crippen LogP contribution in [0.1, 0.15) is 22.7 Å². The van der Waals surface area contributed by atoms with Crippen molar-refractivity contribution in [3.63, 3.8) is 0 Å². The first-order chi connectivity index (χ1) is 17.7. The molecule has 188 valence electrons. The number of alkyl halides is 3. The van der Waals surface area contributed by atoms with Crippen LogP contribution in [0.5, 0.6) is 11.5 Å². The molecule has 7 nitrogen and oxygen atoms in total. The Bertz CT molecular complexity index is 1730. The average molecular weight is 526 g/mol. The second kappa shape index (κ2) is 9.58. The maximum Gasteiger partial charge on any atom is 0.416 e. The number of ether oxygens (including phenoxy) is 2. The lowest BCUT2D eigenvalue weighted by atomic mass is 10.1. The Hall–Kier alpha value is -4.38. The van der Waals surface area contributed by atoms with Crippen molar-refractivity contribution in [3.8, 4) is 22.8 Å². The minimum absolute atomic E-state index is 0.256. The number of furan rings is 1. The second-order valence-corrected chi connectivity index (χ2v) is 8.82. The van der Waals surface area contributed by atoms with Gasteiger partial charge in [0.25, 0.3) is 5.56 Å². The van der Waals surface area contributed by atoms with Crippen molar-refractivity contribution in [2.45, 2.75) is 6.18 Å². The molecule has 0 spiro atoms. The molecular formula is C26H18F3N3O4S. The SMILES string of the molecule is COc1ccc(/C=C/c2nc3s/c(=C\c4ccc(-c5cccc(C(F)(F)F)c5)o4)c(=O)n3n2)cc1OC. The minimum atomic E-state index is -4.46. The van der Waals surface area contributed by atoms with Crippen LogP contribution in [0.4, 0.5) is 13.2 Å². The lowest BCUT2D eigenvalue weighted by Crippen LogP contribution is -2.23. The van der Waals surface area contributed by atoms with Gasteiger partial charge in [-0.25, -0.2) is 0 Å². The summed E-state index contributed by atoms with van der Waals surface area (Å²) in [5.74, 6) is 2.13. The van der Waals surface area contributed by atoms with Crippen LogP contribution in [0.2, 0.25) is 0 Å². The summed E-state index contributed by atoms with van der Waals surface area (Å²) in [6.07, 6.45) is 0.525. The lowest BCUT2D eigenvalue weighted by Gasteiger charge is -2.07. The Labute approximate surface area is 211 Å². The van der Waals surface area contributed by atoms with Gasteiger partial charge in [0.1, 0.15) is 16.1 Å². The van der Waals surface area contributed by atoms with Crippen LogP contribution >= 0.6 is 11.3 Å². The van der Waals surface area contributed by atoms with Crippen molar-refractivity contribution in [1.29, 1.82) is 0 Å². The van der Waals surface area contributed by atoms with E-state index in [4.69, 9.17) is 13.9 Å². The van der Waals surface area contributed by atoms with Crippen molar-refractivity contribution in [3.05, 3.63) is 92.2 Å². The second-order valence-electron chi connectivity index (χ2n) is 7.81. The molecular weight excluding hydrogens is 507 g/mol. The van der Waals surface area contributed by atoms with E-state index in [1.165, 1.54) is 22.7 Å². The van der Waals surface area contributed by atoms with Crippen molar-refractivity contribution in [2.24, 2.45) is 0 Å². The van der Waals surface area contributed by atoms with E-state index in [-0.39, 0.29) is 16.9 Å². The molecule has 0 unspecified atom stereocenters. The number of rotatable bonds is 6. The van der Waals surface area contributed by atoms with Crippen molar-refractivity contribution in [2.75, 3.05) is 14.2 Å². The van der Waals surface area contributed by atoms with Gasteiger partial charge in [0.15, 0.2) is 17.3 Å². The highest BCUT2D eigenvalue weighted by Crippen LogP contribution is 2.33. The van der Waals surface area contributed by atoms with Crippen molar-refractivity contribution < 1.29 is 27.1 Å². The molecule has 0 atom stereocenters. The molecule has 11 heteroatoms. The third-order valence-electron chi connectivity index (χ3n) is 5.41. The zero-order valence-electron chi connectivity index (χ0n) is 19.4. The van der Waals surface area contributed by atoms with E-state index in [2.05, 4.69) is 10.1 Å². The number of halogens is 3. The van der Waals surface area contributed by atoms with Gasteiger partial charge < -0.3 is 13.9 Å². The fourth-order valence-electron chi connectivity index (χ4n) is 3.61. The van der Waals surface area contributed by atoms with Crippen LogP contribution in [-0.4, -0.2) is 28.8 Å². The molecule has 0 saturated carbocycles. The average Bonchev–Trinajstić information content (AvgIpc) is 3.59.